The highest BCUT2D eigenvalue weighted by Crippen LogP contribution is 2.53. The summed E-state index contributed by atoms with van der Waals surface area (Å²) in [6, 6.07) is 49.9. The van der Waals surface area contributed by atoms with E-state index in [0.717, 1.165) is 44.5 Å². The van der Waals surface area contributed by atoms with E-state index in [2.05, 4.69) is 116 Å². The number of hydrogen-bond donors (Lipinski definition) is 0. The lowest BCUT2D eigenvalue weighted by Gasteiger charge is -2.22. The Kier molecular flexibility index (Phi) is 6.82. The predicted octanol–water partition coefficient (Wildman–Crippen LogP) is 11.1. The van der Waals surface area contributed by atoms with Crippen molar-refractivity contribution >= 4 is 5.69 Å². The van der Waals surface area contributed by atoms with Crippen LogP contribution in [0.15, 0.2) is 146 Å². The smallest absolute Gasteiger partial charge is 0.195 e. The van der Waals surface area contributed by atoms with Gasteiger partial charge in [-0.25, -0.2) is 19.8 Å². The number of nitrogens with zero attached hydrogens (tertiary/aromatic N) is 4. The van der Waals surface area contributed by atoms with Gasteiger partial charge in [0.2, 0.25) is 0 Å². The maximum absolute atomic E-state index is 7.76. The van der Waals surface area contributed by atoms with E-state index in [9.17, 15) is 0 Å². The van der Waals surface area contributed by atoms with Crippen molar-refractivity contribution in [1.82, 2.24) is 15.0 Å². The Bertz CT molecular complexity index is 2320. The molecule has 222 valence electrons. The molecule has 8 rings (SSSR count). The van der Waals surface area contributed by atoms with E-state index in [0.29, 0.717) is 23.2 Å². The van der Waals surface area contributed by atoms with Crippen molar-refractivity contribution in [3.8, 4) is 67.5 Å². The lowest BCUT2D eigenvalue weighted by molar-refractivity contribution is 0.661. The molecule has 0 radical (unpaired) electrons. The third kappa shape index (κ3) is 4.99. The van der Waals surface area contributed by atoms with Gasteiger partial charge < -0.3 is 0 Å². The van der Waals surface area contributed by atoms with Crippen molar-refractivity contribution in [2.75, 3.05) is 0 Å². The van der Waals surface area contributed by atoms with Crippen LogP contribution in [0.5, 0.6) is 0 Å². The molecular formula is C43H30N4. The Hall–Kier alpha value is -6.18. The standard InChI is InChI=1S/C43H30N4/c1-43(2)36-18-11-19-38(44-3)39(36)35-25-24-33(27-37(35)43)32-16-10-17-34(26-32)42-46-40(30-14-8-5-9-15-30)45-41(47-42)31-22-20-29(21-23-31)28-12-6-4-7-13-28/h4-27H,1-2H3. The van der Waals surface area contributed by atoms with E-state index in [4.69, 9.17) is 21.5 Å². The van der Waals surface area contributed by atoms with Gasteiger partial charge in [-0.15, -0.1) is 0 Å². The van der Waals surface area contributed by atoms with Crippen LogP contribution in [-0.2, 0) is 5.41 Å². The molecule has 0 aliphatic heterocycles. The molecule has 0 saturated heterocycles. The first kappa shape index (κ1) is 28.3. The minimum atomic E-state index is -0.206. The average molecular weight is 603 g/mol. The highest BCUT2D eigenvalue weighted by Gasteiger charge is 2.36. The molecule has 6 aromatic carbocycles. The van der Waals surface area contributed by atoms with Crippen LogP contribution in [0.1, 0.15) is 25.0 Å². The molecule has 0 fully saturated rings. The van der Waals surface area contributed by atoms with Crippen LogP contribution in [0.2, 0.25) is 0 Å². The molecule has 47 heavy (non-hydrogen) atoms. The summed E-state index contributed by atoms with van der Waals surface area (Å²) < 4.78 is 0. The first-order chi connectivity index (χ1) is 23.0. The maximum Gasteiger partial charge on any atom is 0.195 e. The van der Waals surface area contributed by atoms with Crippen LogP contribution < -0.4 is 0 Å². The normalized spacial score (nSPS) is 12.6. The van der Waals surface area contributed by atoms with Gasteiger partial charge in [0.1, 0.15) is 0 Å². The maximum atomic E-state index is 7.76. The number of hydrogen-bond acceptors (Lipinski definition) is 3. The van der Waals surface area contributed by atoms with E-state index in [1.54, 1.807) is 0 Å². The minimum Gasteiger partial charge on any atom is -0.238 e. The van der Waals surface area contributed by atoms with Gasteiger partial charge in [0.25, 0.3) is 0 Å². The molecule has 1 aromatic heterocycles. The summed E-state index contributed by atoms with van der Waals surface area (Å²) in [7, 11) is 0. The van der Waals surface area contributed by atoms with Crippen LogP contribution in [0.25, 0.3) is 72.4 Å². The van der Waals surface area contributed by atoms with Crippen molar-refractivity contribution in [3.05, 3.63) is 168 Å². The lowest BCUT2D eigenvalue weighted by atomic mass is 9.81. The van der Waals surface area contributed by atoms with Crippen LogP contribution in [0, 0.1) is 6.57 Å². The molecule has 0 spiro atoms. The molecule has 0 bridgehead atoms. The summed E-state index contributed by atoms with van der Waals surface area (Å²) in [4.78, 5) is 18.8. The number of rotatable bonds is 5. The lowest BCUT2D eigenvalue weighted by Crippen LogP contribution is -2.14. The van der Waals surface area contributed by atoms with E-state index < -0.39 is 0 Å². The van der Waals surface area contributed by atoms with Gasteiger partial charge in [-0.2, -0.15) is 0 Å². The number of aromatic nitrogens is 3. The molecule has 1 aliphatic carbocycles. The summed E-state index contributed by atoms with van der Waals surface area (Å²) in [5.74, 6) is 1.89. The summed E-state index contributed by atoms with van der Waals surface area (Å²) in [5, 5.41) is 0. The second kappa shape index (κ2) is 11.3. The zero-order valence-electron chi connectivity index (χ0n) is 26.1. The van der Waals surface area contributed by atoms with Gasteiger partial charge in [0, 0.05) is 22.1 Å². The second-order valence-corrected chi connectivity index (χ2v) is 12.4. The molecule has 0 saturated carbocycles. The van der Waals surface area contributed by atoms with Crippen LogP contribution >= 0.6 is 0 Å². The minimum absolute atomic E-state index is 0.206. The fraction of sp³-hybridized carbons (Fsp3) is 0.0698. The van der Waals surface area contributed by atoms with Gasteiger partial charge in [-0.3, -0.25) is 0 Å². The predicted molar refractivity (Wildman–Crippen MR) is 191 cm³/mol. The second-order valence-electron chi connectivity index (χ2n) is 12.4. The molecule has 4 heteroatoms. The van der Waals surface area contributed by atoms with E-state index in [1.807, 2.05) is 48.5 Å². The highest BCUT2D eigenvalue weighted by atomic mass is 15.0. The molecule has 1 heterocycles. The molecule has 4 nitrogen and oxygen atoms in total. The van der Waals surface area contributed by atoms with Crippen molar-refractivity contribution in [2.24, 2.45) is 0 Å². The van der Waals surface area contributed by atoms with Gasteiger partial charge in [-0.1, -0.05) is 147 Å². The van der Waals surface area contributed by atoms with Crippen molar-refractivity contribution in [1.29, 1.82) is 0 Å². The third-order valence-corrected chi connectivity index (χ3v) is 9.17. The van der Waals surface area contributed by atoms with Crippen LogP contribution in [0.4, 0.5) is 5.69 Å². The molecule has 7 aromatic rings. The first-order valence-electron chi connectivity index (χ1n) is 15.7. The largest absolute Gasteiger partial charge is 0.238 e. The Morgan fingerprint density at radius 3 is 1.62 bits per heavy atom. The molecule has 1 aliphatic rings. The SMILES string of the molecule is [C-]#[N+]c1cccc2c1-c1ccc(-c3cccc(-c4nc(-c5ccccc5)nc(-c5ccc(-c6ccccc6)cc5)n4)c3)cc1C2(C)C. The van der Waals surface area contributed by atoms with Crippen molar-refractivity contribution in [2.45, 2.75) is 19.3 Å². The molecule has 0 atom stereocenters. The Labute approximate surface area is 274 Å². The zero-order chi connectivity index (χ0) is 32.0. The highest BCUT2D eigenvalue weighted by molar-refractivity contribution is 5.91. The summed E-state index contributed by atoms with van der Waals surface area (Å²) in [6.45, 7) is 12.2. The van der Waals surface area contributed by atoms with Crippen molar-refractivity contribution in [3.63, 3.8) is 0 Å². The molecule has 0 unspecified atom stereocenters. The average Bonchev–Trinajstić information content (AvgIpc) is 3.38. The first-order valence-corrected chi connectivity index (χ1v) is 15.7. The Morgan fingerprint density at radius 1 is 0.447 bits per heavy atom. The zero-order valence-corrected chi connectivity index (χ0v) is 26.1. The Morgan fingerprint density at radius 2 is 0.936 bits per heavy atom. The van der Waals surface area contributed by atoms with Gasteiger partial charge in [0.05, 0.1) is 6.57 Å². The summed E-state index contributed by atoms with van der Waals surface area (Å²) in [5.41, 5.74) is 12.4. The van der Waals surface area contributed by atoms with Crippen LogP contribution in [-0.4, -0.2) is 15.0 Å². The van der Waals surface area contributed by atoms with E-state index in [1.165, 1.54) is 16.7 Å². The quantitative estimate of drug-likeness (QED) is 0.184. The number of fused-ring (bicyclic) bond motifs is 3. The van der Waals surface area contributed by atoms with Crippen LogP contribution in [0.3, 0.4) is 0 Å². The Balaban J connectivity index is 1.21. The molecular weight excluding hydrogens is 573 g/mol. The topological polar surface area (TPSA) is 43.0 Å². The van der Waals surface area contributed by atoms with E-state index in [-0.39, 0.29) is 5.41 Å². The summed E-state index contributed by atoms with van der Waals surface area (Å²) >= 11 is 0. The van der Waals surface area contributed by atoms with Gasteiger partial charge in [-0.05, 0) is 56.6 Å². The third-order valence-electron chi connectivity index (χ3n) is 9.17. The van der Waals surface area contributed by atoms with Gasteiger partial charge >= 0.3 is 0 Å². The summed E-state index contributed by atoms with van der Waals surface area (Å²) in [6.07, 6.45) is 0. The fourth-order valence-electron chi connectivity index (χ4n) is 6.67. The van der Waals surface area contributed by atoms with Crippen molar-refractivity contribution < 1.29 is 0 Å². The monoisotopic (exact) mass is 602 g/mol. The number of benzene rings is 6. The van der Waals surface area contributed by atoms with E-state index >= 15 is 0 Å². The van der Waals surface area contributed by atoms with Gasteiger partial charge in [0.15, 0.2) is 23.2 Å². The fourth-order valence-corrected chi connectivity index (χ4v) is 6.67. The molecule has 0 N–H and O–H groups in total. The molecule has 0 amide bonds.